The lowest BCUT2D eigenvalue weighted by Gasteiger charge is -2.36. The molecule has 0 unspecified atom stereocenters. The maximum absolute atomic E-state index is 5.21. The summed E-state index contributed by atoms with van der Waals surface area (Å²) < 4.78 is 6.16. The van der Waals surface area contributed by atoms with Crippen LogP contribution in [-0.2, 0) is 6.54 Å². The highest BCUT2D eigenvalue weighted by Crippen LogP contribution is 2.33. The van der Waals surface area contributed by atoms with Crippen molar-refractivity contribution in [1.29, 1.82) is 0 Å². The summed E-state index contributed by atoms with van der Waals surface area (Å²) in [5.74, 6) is 0.846. The third-order valence-corrected chi connectivity index (χ3v) is 8.00. The summed E-state index contributed by atoms with van der Waals surface area (Å²) in [6, 6.07) is 11.2. The highest BCUT2D eigenvalue weighted by molar-refractivity contribution is 9.10. The van der Waals surface area contributed by atoms with E-state index in [0.717, 1.165) is 91.4 Å². The van der Waals surface area contributed by atoms with E-state index in [0.29, 0.717) is 6.04 Å². The number of H-pyrrole nitrogens is 1. The third-order valence-electron chi connectivity index (χ3n) is 7.40. The van der Waals surface area contributed by atoms with Gasteiger partial charge in [-0.25, -0.2) is 9.97 Å². The highest BCUT2D eigenvalue weighted by Gasteiger charge is 2.21. The lowest BCUT2D eigenvalue weighted by molar-refractivity contribution is 0.249. The van der Waals surface area contributed by atoms with Gasteiger partial charge < -0.3 is 24.5 Å². The Morgan fingerprint density at radius 3 is 2.56 bits per heavy atom. The van der Waals surface area contributed by atoms with E-state index in [9.17, 15) is 0 Å². The summed E-state index contributed by atoms with van der Waals surface area (Å²) in [5.41, 5.74) is 6.28. The number of halogens is 1. The second-order valence-corrected chi connectivity index (χ2v) is 10.8. The molecule has 0 aliphatic carbocycles. The molecule has 2 N–H and O–H groups in total. The molecule has 36 heavy (non-hydrogen) atoms. The van der Waals surface area contributed by atoms with Gasteiger partial charge in [-0.2, -0.15) is 0 Å². The SMILES string of the molecule is CN1CCC(Nc2c(Br)cnc3[nH]c(-c4ccc(N5CCN(Cc6ccoc6)CC5)cc4)nc23)CC1. The number of piperidine rings is 1. The first-order chi connectivity index (χ1) is 17.6. The fourth-order valence-corrected chi connectivity index (χ4v) is 5.60. The van der Waals surface area contributed by atoms with Crippen molar-refractivity contribution in [2.45, 2.75) is 25.4 Å². The van der Waals surface area contributed by atoms with E-state index in [4.69, 9.17) is 9.40 Å². The lowest BCUT2D eigenvalue weighted by Crippen LogP contribution is -2.45. The minimum atomic E-state index is 0.447. The predicted octanol–water partition coefficient (Wildman–Crippen LogP) is 4.81. The molecule has 1 aromatic carbocycles. The number of piperazine rings is 1. The largest absolute Gasteiger partial charge is 0.472 e. The number of hydrogen-bond acceptors (Lipinski definition) is 7. The summed E-state index contributed by atoms with van der Waals surface area (Å²) in [5, 5.41) is 3.73. The number of rotatable bonds is 6. The number of nitrogens with one attached hydrogen (secondary N) is 2. The average Bonchev–Trinajstić information content (AvgIpc) is 3.58. The van der Waals surface area contributed by atoms with Gasteiger partial charge >= 0.3 is 0 Å². The molecule has 4 aromatic rings. The number of aromatic amines is 1. The number of benzene rings is 1. The monoisotopic (exact) mass is 549 g/mol. The average molecular weight is 551 g/mol. The summed E-state index contributed by atoms with van der Waals surface area (Å²) in [6.45, 7) is 7.31. The second-order valence-electron chi connectivity index (χ2n) is 9.93. The molecule has 6 rings (SSSR count). The molecule has 3 aromatic heterocycles. The van der Waals surface area contributed by atoms with Crippen LogP contribution in [0.1, 0.15) is 18.4 Å². The maximum atomic E-state index is 5.21. The van der Waals surface area contributed by atoms with Crippen molar-refractivity contribution in [1.82, 2.24) is 24.8 Å². The van der Waals surface area contributed by atoms with E-state index in [2.05, 4.69) is 77.2 Å². The van der Waals surface area contributed by atoms with Crippen molar-refractivity contribution >= 4 is 38.5 Å². The van der Waals surface area contributed by atoms with Gasteiger partial charge in [-0.05, 0) is 79.2 Å². The molecule has 9 heteroatoms. The Labute approximate surface area is 219 Å². The van der Waals surface area contributed by atoms with Gasteiger partial charge in [0, 0.05) is 61.8 Å². The van der Waals surface area contributed by atoms with Crippen LogP contribution in [0.3, 0.4) is 0 Å². The van der Waals surface area contributed by atoms with E-state index < -0.39 is 0 Å². The normalized spacial score (nSPS) is 18.2. The van der Waals surface area contributed by atoms with Gasteiger partial charge in [-0.15, -0.1) is 0 Å². The van der Waals surface area contributed by atoms with Crippen LogP contribution in [-0.4, -0.2) is 77.1 Å². The van der Waals surface area contributed by atoms with Gasteiger partial charge in [-0.3, -0.25) is 4.90 Å². The predicted molar refractivity (Wildman–Crippen MR) is 147 cm³/mol. The number of furan rings is 1. The molecule has 0 atom stereocenters. The topological polar surface area (TPSA) is 76.5 Å². The molecule has 2 aliphatic rings. The van der Waals surface area contributed by atoms with Crippen molar-refractivity contribution in [3.63, 3.8) is 0 Å². The molecule has 0 amide bonds. The van der Waals surface area contributed by atoms with Crippen LogP contribution in [0.5, 0.6) is 0 Å². The molecule has 2 aliphatic heterocycles. The fourth-order valence-electron chi connectivity index (χ4n) is 5.20. The van der Waals surface area contributed by atoms with Crippen LogP contribution < -0.4 is 10.2 Å². The number of likely N-dealkylation sites (tertiary alicyclic amines) is 1. The zero-order valence-corrected chi connectivity index (χ0v) is 22.2. The first kappa shape index (κ1) is 23.5. The van der Waals surface area contributed by atoms with Gasteiger partial charge in [0.2, 0.25) is 0 Å². The van der Waals surface area contributed by atoms with Gasteiger partial charge in [0.25, 0.3) is 0 Å². The Morgan fingerprint density at radius 1 is 1.06 bits per heavy atom. The molecule has 188 valence electrons. The number of anilines is 2. The number of imidazole rings is 1. The van der Waals surface area contributed by atoms with E-state index in [1.54, 1.807) is 6.26 Å². The molecule has 0 saturated carbocycles. The summed E-state index contributed by atoms with van der Waals surface area (Å²) in [7, 11) is 2.19. The summed E-state index contributed by atoms with van der Waals surface area (Å²) in [6.07, 6.45) is 7.70. The molecule has 0 radical (unpaired) electrons. The van der Waals surface area contributed by atoms with Gasteiger partial charge in [0.15, 0.2) is 5.65 Å². The lowest BCUT2D eigenvalue weighted by atomic mass is 10.1. The van der Waals surface area contributed by atoms with Crippen LogP contribution in [0.2, 0.25) is 0 Å². The van der Waals surface area contributed by atoms with Crippen molar-refractivity contribution < 1.29 is 4.42 Å². The zero-order chi connectivity index (χ0) is 24.5. The molecule has 0 spiro atoms. The Bertz CT molecular complexity index is 1290. The number of aromatic nitrogens is 3. The Balaban J connectivity index is 1.14. The van der Waals surface area contributed by atoms with Gasteiger partial charge in [0.1, 0.15) is 11.3 Å². The molecule has 5 heterocycles. The Morgan fingerprint density at radius 2 is 1.83 bits per heavy atom. The van der Waals surface area contributed by atoms with E-state index in [1.807, 2.05) is 18.5 Å². The zero-order valence-electron chi connectivity index (χ0n) is 20.6. The second kappa shape index (κ2) is 10.2. The van der Waals surface area contributed by atoms with Crippen molar-refractivity contribution in [3.05, 3.63) is 59.1 Å². The number of pyridine rings is 1. The third kappa shape index (κ3) is 5.00. The highest BCUT2D eigenvalue weighted by atomic mass is 79.9. The van der Waals surface area contributed by atoms with Crippen molar-refractivity contribution in [3.8, 4) is 11.4 Å². The number of nitrogens with zero attached hydrogens (tertiary/aromatic N) is 5. The van der Waals surface area contributed by atoms with E-state index >= 15 is 0 Å². The molecule has 8 nitrogen and oxygen atoms in total. The Kier molecular flexibility index (Phi) is 6.69. The minimum absolute atomic E-state index is 0.447. The first-order valence-corrected chi connectivity index (χ1v) is 13.5. The van der Waals surface area contributed by atoms with E-state index in [-0.39, 0.29) is 0 Å². The van der Waals surface area contributed by atoms with Crippen LogP contribution in [0.4, 0.5) is 11.4 Å². The standard InChI is InChI=1S/C27H32BrN7O/c1-33-9-6-21(7-10-33)30-24-23(28)16-29-27-25(24)31-26(32-27)20-2-4-22(5-3-20)35-13-11-34(12-14-35)17-19-8-15-36-18-19/h2-5,8,15-16,18,21H,6-7,9-14,17H2,1H3,(H2,29,30,31,32). The fraction of sp³-hybridized carbons (Fsp3) is 0.407. The molecule has 2 fully saturated rings. The number of hydrogen-bond donors (Lipinski definition) is 2. The quantitative estimate of drug-likeness (QED) is 0.357. The van der Waals surface area contributed by atoms with E-state index in [1.165, 1.54) is 11.3 Å². The smallest absolute Gasteiger partial charge is 0.159 e. The minimum Gasteiger partial charge on any atom is -0.472 e. The molecular formula is C27H32BrN7O. The Hall–Kier alpha value is -2.88. The van der Waals surface area contributed by atoms with Crippen LogP contribution in [0.25, 0.3) is 22.6 Å². The van der Waals surface area contributed by atoms with Gasteiger partial charge in [0.05, 0.1) is 22.7 Å². The van der Waals surface area contributed by atoms with Crippen molar-refractivity contribution in [2.75, 3.05) is 56.5 Å². The molecule has 0 bridgehead atoms. The summed E-state index contributed by atoms with van der Waals surface area (Å²) >= 11 is 3.69. The maximum Gasteiger partial charge on any atom is 0.159 e. The molecular weight excluding hydrogens is 518 g/mol. The molecule has 2 saturated heterocycles. The number of fused-ring (bicyclic) bond motifs is 1. The summed E-state index contributed by atoms with van der Waals surface area (Å²) in [4.78, 5) is 20.3. The van der Waals surface area contributed by atoms with Crippen LogP contribution in [0, 0.1) is 0 Å². The van der Waals surface area contributed by atoms with Crippen LogP contribution in [0.15, 0.2) is 57.9 Å². The van der Waals surface area contributed by atoms with Crippen molar-refractivity contribution in [2.24, 2.45) is 0 Å². The van der Waals surface area contributed by atoms with Crippen LogP contribution >= 0.6 is 15.9 Å². The van der Waals surface area contributed by atoms with Gasteiger partial charge in [-0.1, -0.05) is 0 Å². The first-order valence-electron chi connectivity index (χ1n) is 12.7.